The van der Waals surface area contributed by atoms with E-state index < -0.39 is 0 Å². The predicted octanol–water partition coefficient (Wildman–Crippen LogP) is 3.19. The van der Waals surface area contributed by atoms with Crippen LogP contribution in [0, 0.1) is 11.3 Å². The van der Waals surface area contributed by atoms with Crippen LogP contribution < -0.4 is 5.73 Å². The van der Waals surface area contributed by atoms with E-state index in [1.54, 1.807) is 0 Å². The summed E-state index contributed by atoms with van der Waals surface area (Å²) < 4.78 is 0. The molecule has 74 valence electrons. The molecule has 0 saturated carbocycles. The lowest BCUT2D eigenvalue weighted by Crippen LogP contribution is -2.33. The van der Waals surface area contributed by atoms with E-state index in [9.17, 15) is 0 Å². The van der Waals surface area contributed by atoms with Crippen molar-refractivity contribution in [2.75, 3.05) is 6.54 Å². The molecule has 0 radical (unpaired) electrons. The first-order valence-electron chi connectivity index (χ1n) is 5.30. The van der Waals surface area contributed by atoms with Crippen molar-refractivity contribution >= 4 is 0 Å². The lowest BCUT2D eigenvalue weighted by molar-refractivity contribution is 0.180. The molecule has 1 heteroatoms. The molecule has 2 atom stereocenters. The van der Waals surface area contributed by atoms with Crippen LogP contribution in [-0.4, -0.2) is 6.54 Å². The molecule has 0 fully saturated rings. The van der Waals surface area contributed by atoms with Crippen molar-refractivity contribution in [2.24, 2.45) is 17.1 Å². The average molecular weight is 171 g/mol. The van der Waals surface area contributed by atoms with Crippen LogP contribution in [-0.2, 0) is 0 Å². The van der Waals surface area contributed by atoms with E-state index in [2.05, 4.69) is 27.7 Å². The summed E-state index contributed by atoms with van der Waals surface area (Å²) in [6.07, 6.45) is 5.11. The summed E-state index contributed by atoms with van der Waals surface area (Å²) >= 11 is 0. The smallest absolute Gasteiger partial charge is 0.00206 e. The molecule has 0 spiro atoms. The third kappa shape index (κ3) is 3.14. The highest BCUT2D eigenvalue weighted by Gasteiger charge is 2.27. The average Bonchev–Trinajstić information content (AvgIpc) is 2.05. The molecule has 0 aromatic carbocycles. The highest BCUT2D eigenvalue weighted by atomic mass is 14.6. The highest BCUT2D eigenvalue weighted by molar-refractivity contribution is 4.80. The van der Waals surface area contributed by atoms with E-state index in [1.165, 1.54) is 25.7 Å². The van der Waals surface area contributed by atoms with Crippen LogP contribution in [0.15, 0.2) is 0 Å². The monoisotopic (exact) mass is 171 g/mol. The predicted molar refractivity (Wildman–Crippen MR) is 56.1 cm³/mol. The van der Waals surface area contributed by atoms with E-state index in [1.807, 2.05) is 0 Å². The standard InChI is InChI=1S/C11H25N/c1-5-7-10(3)11(4,9-12)8-6-2/h10H,5-9,12H2,1-4H3. The van der Waals surface area contributed by atoms with Crippen LogP contribution in [0.4, 0.5) is 0 Å². The molecule has 2 N–H and O–H groups in total. The van der Waals surface area contributed by atoms with Gasteiger partial charge in [0.05, 0.1) is 0 Å². The van der Waals surface area contributed by atoms with Crippen molar-refractivity contribution in [2.45, 2.75) is 53.4 Å². The maximum atomic E-state index is 5.82. The SMILES string of the molecule is CCCC(C)C(C)(CN)CCC. The molecule has 1 nitrogen and oxygen atoms in total. The Morgan fingerprint density at radius 1 is 1.25 bits per heavy atom. The Labute approximate surface area is 77.7 Å². The van der Waals surface area contributed by atoms with Crippen molar-refractivity contribution in [3.63, 3.8) is 0 Å². The maximum absolute atomic E-state index is 5.82. The molecule has 0 amide bonds. The topological polar surface area (TPSA) is 26.0 Å². The molecule has 0 aromatic rings. The van der Waals surface area contributed by atoms with Crippen LogP contribution >= 0.6 is 0 Å². The quantitative estimate of drug-likeness (QED) is 0.652. The zero-order valence-corrected chi connectivity index (χ0v) is 9.19. The fourth-order valence-electron chi connectivity index (χ4n) is 1.90. The first kappa shape index (κ1) is 12.0. The minimum atomic E-state index is 0.380. The molecule has 0 aliphatic carbocycles. The maximum Gasteiger partial charge on any atom is -0.00206 e. The summed E-state index contributed by atoms with van der Waals surface area (Å²) in [4.78, 5) is 0. The Morgan fingerprint density at radius 3 is 2.17 bits per heavy atom. The van der Waals surface area contributed by atoms with E-state index in [-0.39, 0.29) is 0 Å². The van der Waals surface area contributed by atoms with Crippen LogP contribution in [0.2, 0.25) is 0 Å². The van der Waals surface area contributed by atoms with Gasteiger partial charge in [0.2, 0.25) is 0 Å². The van der Waals surface area contributed by atoms with E-state index >= 15 is 0 Å². The van der Waals surface area contributed by atoms with Gasteiger partial charge in [-0.2, -0.15) is 0 Å². The van der Waals surface area contributed by atoms with Gasteiger partial charge in [-0.15, -0.1) is 0 Å². The van der Waals surface area contributed by atoms with Gasteiger partial charge >= 0.3 is 0 Å². The molecule has 0 aliphatic heterocycles. The Morgan fingerprint density at radius 2 is 1.83 bits per heavy atom. The molecule has 0 bridgehead atoms. The van der Waals surface area contributed by atoms with Crippen molar-refractivity contribution in [3.8, 4) is 0 Å². The molecule has 0 aromatic heterocycles. The number of hydrogen-bond donors (Lipinski definition) is 1. The second-order valence-corrected chi connectivity index (χ2v) is 4.30. The molecule has 0 saturated heterocycles. The minimum absolute atomic E-state index is 0.380. The van der Waals surface area contributed by atoms with Crippen LogP contribution in [0.3, 0.4) is 0 Å². The zero-order valence-electron chi connectivity index (χ0n) is 9.19. The molecule has 0 heterocycles. The van der Waals surface area contributed by atoms with Crippen LogP contribution in [0.5, 0.6) is 0 Å². The van der Waals surface area contributed by atoms with Gasteiger partial charge in [0.15, 0.2) is 0 Å². The van der Waals surface area contributed by atoms with Crippen LogP contribution in [0.25, 0.3) is 0 Å². The number of nitrogens with two attached hydrogens (primary N) is 1. The largest absolute Gasteiger partial charge is 0.330 e. The van der Waals surface area contributed by atoms with Crippen molar-refractivity contribution in [3.05, 3.63) is 0 Å². The Hall–Kier alpha value is -0.0400. The second kappa shape index (κ2) is 5.58. The normalized spacial score (nSPS) is 18.8. The highest BCUT2D eigenvalue weighted by Crippen LogP contribution is 2.33. The minimum Gasteiger partial charge on any atom is -0.330 e. The first-order chi connectivity index (χ1) is 5.60. The van der Waals surface area contributed by atoms with Gasteiger partial charge in [0.25, 0.3) is 0 Å². The number of rotatable bonds is 6. The van der Waals surface area contributed by atoms with Crippen LogP contribution in [0.1, 0.15) is 53.4 Å². The van der Waals surface area contributed by atoms with Crippen molar-refractivity contribution < 1.29 is 0 Å². The fourth-order valence-corrected chi connectivity index (χ4v) is 1.90. The summed E-state index contributed by atoms with van der Waals surface area (Å²) in [6, 6.07) is 0. The van der Waals surface area contributed by atoms with E-state index in [4.69, 9.17) is 5.73 Å². The van der Waals surface area contributed by atoms with Gasteiger partial charge in [0, 0.05) is 0 Å². The van der Waals surface area contributed by atoms with Gasteiger partial charge in [0.1, 0.15) is 0 Å². The molecule has 2 unspecified atom stereocenters. The summed E-state index contributed by atoms with van der Waals surface area (Å²) in [5.74, 6) is 0.771. The first-order valence-corrected chi connectivity index (χ1v) is 5.30. The fraction of sp³-hybridized carbons (Fsp3) is 1.00. The molecule has 12 heavy (non-hydrogen) atoms. The molecular formula is C11H25N. The lowest BCUT2D eigenvalue weighted by Gasteiger charge is -2.34. The van der Waals surface area contributed by atoms with Gasteiger partial charge in [-0.05, 0) is 24.3 Å². The Kier molecular flexibility index (Phi) is 5.56. The summed E-state index contributed by atoms with van der Waals surface area (Å²) in [7, 11) is 0. The Balaban J connectivity index is 4.08. The van der Waals surface area contributed by atoms with Gasteiger partial charge in [-0.1, -0.05) is 47.0 Å². The molecule has 0 aliphatic rings. The Bertz CT molecular complexity index is 112. The third-order valence-corrected chi connectivity index (χ3v) is 3.20. The van der Waals surface area contributed by atoms with Gasteiger partial charge in [-0.3, -0.25) is 0 Å². The molecular weight excluding hydrogens is 146 g/mol. The lowest BCUT2D eigenvalue weighted by atomic mass is 9.73. The van der Waals surface area contributed by atoms with E-state index in [0.29, 0.717) is 5.41 Å². The van der Waals surface area contributed by atoms with E-state index in [0.717, 1.165) is 12.5 Å². The van der Waals surface area contributed by atoms with Gasteiger partial charge < -0.3 is 5.73 Å². The number of hydrogen-bond acceptors (Lipinski definition) is 1. The summed E-state index contributed by atoms with van der Waals surface area (Å²) in [6.45, 7) is 10.00. The zero-order chi connectivity index (χ0) is 9.61. The molecule has 0 rings (SSSR count). The van der Waals surface area contributed by atoms with Gasteiger partial charge in [-0.25, -0.2) is 0 Å². The summed E-state index contributed by atoms with van der Waals surface area (Å²) in [5, 5.41) is 0. The van der Waals surface area contributed by atoms with Crippen molar-refractivity contribution in [1.29, 1.82) is 0 Å². The third-order valence-electron chi connectivity index (χ3n) is 3.20. The summed E-state index contributed by atoms with van der Waals surface area (Å²) in [5.41, 5.74) is 6.20. The second-order valence-electron chi connectivity index (χ2n) is 4.30. The van der Waals surface area contributed by atoms with Crippen molar-refractivity contribution in [1.82, 2.24) is 0 Å².